The van der Waals surface area contributed by atoms with E-state index in [1.54, 1.807) is 18.4 Å². The summed E-state index contributed by atoms with van der Waals surface area (Å²) in [6.45, 7) is 1.46. The molecule has 0 saturated carbocycles. The van der Waals surface area contributed by atoms with Gasteiger partial charge >= 0.3 is 0 Å². The Labute approximate surface area is 152 Å². The normalized spacial score (nSPS) is 19.7. The van der Waals surface area contributed by atoms with Gasteiger partial charge in [-0.2, -0.15) is 0 Å². The molecule has 0 radical (unpaired) electrons. The van der Waals surface area contributed by atoms with E-state index in [1.807, 2.05) is 12.1 Å². The van der Waals surface area contributed by atoms with Gasteiger partial charge < -0.3 is 14.3 Å². The van der Waals surface area contributed by atoms with Gasteiger partial charge in [0.25, 0.3) is 5.69 Å². The first kappa shape index (κ1) is 18.4. The second-order valence-corrected chi connectivity index (χ2v) is 6.59. The van der Waals surface area contributed by atoms with Gasteiger partial charge in [-0.1, -0.05) is 18.9 Å². The molecule has 1 aliphatic heterocycles. The lowest BCUT2D eigenvalue weighted by molar-refractivity contribution is -0.384. The molecule has 1 saturated heterocycles. The molecule has 7 nitrogen and oxygen atoms in total. The number of nitro groups is 1. The van der Waals surface area contributed by atoms with Crippen molar-refractivity contribution in [2.24, 2.45) is 0 Å². The molecule has 0 amide bonds. The average molecular weight is 360 g/mol. The zero-order valence-corrected chi connectivity index (χ0v) is 14.6. The first-order chi connectivity index (χ1) is 12.6. The molecule has 26 heavy (non-hydrogen) atoms. The van der Waals surface area contributed by atoms with Crippen LogP contribution < -0.4 is 4.74 Å². The van der Waals surface area contributed by atoms with Crippen LogP contribution in [0.25, 0.3) is 0 Å². The third-order valence-corrected chi connectivity index (χ3v) is 4.65. The van der Waals surface area contributed by atoms with E-state index in [0.717, 1.165) is 31.6 Å². The number of rotatable bonds is 7. The second kappa shape index (κ2) is 8.82. The Morgan fingerprint density at radius 3 is 2.96 bits per heavy atom. The van der Waals surface area contributed by atoms with Crippen molar-refractivity contribution in [2.75, 3.05) is 19.7 Å². The summed E-state index contributed by atoms with van der Waals surface area (Å²) in [4.78, 5) is 12.6. The van der Waals surface area contributed by atoms with Crippen LogP contribution in [0.1, 0.15) is 37.5 Å². The number of hydrogen-bond donors (Lipinski definition) is 1. The lowest BCUT2D eigenvalue weighted by Crippen LogP contribution is -2.38. The highest BCUT2D eigenvalue weighted by molar-refractivity contribution is 5.37. The van der Waals surface area contributed by atoms with E-state index in [-0.39, 0.29) is 18.3 Å². The fourth-order valence-electron chi connectivity index (χ4n) is 3.39. The van der Waals surface area contributed by atoms with Crippen LogP contribution in [0.4, 0.5) is 5.69 Å². The number of nitro benzene ring substituents is 1. The summed E-state index contributed by atoms with van der Waals surface area (Å²) < 4.78 is 11.1. The van der Waals surface area contributed by atoms with Crippen molar-refractivity contribution in [2.45, 2.75) is 37.8 Å². The van der Waals surface area contributed by atoms with Crippen molar-refractivity contribution in [1.29, 1.82) is 0 Å². The van der Waals surface area contributed by atoms with E-state index in [1.165, 1.54) is 18.6 Å². The van der Waals surface area contributed by atoms with Gasteiger partial charge in [0.05, 0.1) is 23.3 Å². The number of nitrogens with zero attached hydrogens (tertiary/aromatic N) is 2. The molecule has 1 aliphatic rings. The zero-order chi connectivity index (χ0) is 18.4. The maximum atomic E-state index is 10.8. The Balaban J connectivity index is 1.58. The predicted molar refractivity (Wildman–Crippen MR) is 96.1 cm³/mol. The van der Waals surface area contributed by atoms with Gasteiger partial charge in [0.1, 0.15) is 24.2 Å². The number of ether oxygens (including phenoxy) is 1. The summed E-state index contributed by atoms with van der Waals surface area (Å²) in [6, 6.07) is 10.0. The number of aliphatic hydroxyl groups is 1. The molecule has 2 atom stereocenters. The van der Waals surface area contributed by atoms with Gasteiger partial charge in [-0.25, -0.2) is 0 Å². The zero-order valence-electron chi connectivity index (χ0n) is 14.6. The Morgan fingerprint density at radius 1 is 1.31 bits per heavy atom. The molecule has 0 spiro atoms. The topological polar surface area (TPSA) is 89.0 Å². The van der Waals surface area contributed by atoms with Crippen LogP contribution >= 0.6 is 0 Å². The van der Waals surface area contributed by atoms with Crippen LogP contribution in [-0.4, -0.2) is 40.7 Å². The van der Waals surface area contributed by atoms with E-state index < -0.39 is 11.0 Å². The minimum Gasteiger partial charge on any atom is -0.491 e. The highest BCUT2D eigenvalue weighted by atomic mass is 16.6. The summed E-state index contributed by atoms with van der Waals surface area (Å²) in [6.07, 6.45) is 5.41. The Hall–Kier alpha value is -2.38. The van der Waals surface area contributed by atoms with Crippen LogP contribution in [0.15, 0.2) is 47.1 Å². The van der Waals surface area contributed by atoms with Crippen LogP contribution in [0.5, 0.6) is 5.75 Å². The molecule has 0 bridgehead atoms. The molecular weight excluding hydrogens is 336 g/mol. The standard InChI is InChI=1S/C19H24N2O5/c22-16(14-26-17-7-4-6-15(12-17)21(23)24)13-20-10-3-1-2-8-18(20)19-9-5-11-25-19/h4-7,9,11-12,16,18,22H,1-3,8,10,13-14H2. The summed E-state index contributed by atoms with van der Waals surface area (Å²) in [5.41, 5.74) is -0.0256. The van der Waals surface area contributed by atoms with E-state index >= 15 is 0 Å². The number of aliphatic hydroxyl groups excluding tert-OH is 1. The number of β-amino-alcohol motifs (C(OH)–C–C–N with tert-alkyl or cyclic N) is 1. The smallest absolute Gasteiger partial charge is 0.273 e. The summed E-state index contributed by atoms with van der Waals surface area (Å²) >= 11 is 0. The van der Waals surface area contributed by atoms with E-state index in [0.29, 0.717) is 12.3 Å². The fraction of sp³-hybridized carbons (Fsp3) is 0.474. The molecule has 2 unspecified atom stereocenters. The predicted octanol–water partition coefficient (Wildman–Crippen LogP) is 3.54. The first-order valence-electron chi connectivity index (χ1n) is 8.96. The Kier molecular flexibility index (Phi) is 6.25. The lowest BCUT2D eigenvalue weighted by Gasteiger charge is -2.30. The van der Waals surface area contributed by atoms with Crippen molar-refractivity contribution in [1.82, 2.24) is 4.90 Å². The van der Waals surface area contributed by atoms with E-state index in [4.69, 9.17) is 9.15 Å². The quantitative estimate of drug-likeness (QED) is 0.600. The fourth-order valence-corrected chi connectivity index (χ4v) is 3.39. The number of benzene rings is 1. The maximum Gasteiger partial charge on any atom is 0.273 e. The van der Waals surface area contributed by atoms with Crippen LogP contribution in [0, 0.1) is 10.1 Å². The number of hydrogen-bond acceptors (Lipinski definition) is 6. The van der Waals surface area contributed by atoms with Crippen molar-refractivity contribution in [3.63, 3.8) is 0 Å². The summed E-state index contributed by atoms with van der Waals surface area (Å²) in [7, 11) is 0. The Bertz CT molecular complexity index is 704. The molecule has 7 heteroatoms. The highest BCUT2D eigenvalue weighted by Gasteiger charge is 2.26. The van der Waals surface area contributed by atoms with Gasteiger partial charge in [-0.3, -0.25) is 15.0 Å². The molecule has 2 heterocycles. The molecule has 1 aromatic heterocycles. The minimum absolute atomic E-state index is 0.0256. The van der Waals surface area contributed by atoms with Crippen molar-refractivity contribution < 1.29 is 19.2 Å². The van der Waals surface area contributed by atoms with Crippen molar-refractivity contribution >= 4 is 5.69 Å². The van der Waals surface area contributed by atoms with Gasteiger partial charge in [-0.05, 0) is 37.6 Å². The summed E-state index contributed by atoms with van der Waals surface area (Å²) in [5.74, 6) is 1.32. The molecule has 140 valence electrons. The monoisotopic (exact) mass is 360 g/mol. The molecule has 1 N–H and O–H groups in total. The van der Waals surface area contributed by atoms with Crippen LogP contribution in [0.3, 0.4) is 0 Å². The first-order valence-corrected chi connectivity index (χ1v) is 8.96. The molecule has 0 aliphatic carbocycles. The molecule has 1 aromatic carbocycles. The van der Waals surface area contributed by atoms with Gasteiger partial charge in [0, 0.05) is 12.6 Å². The average Bonchev–Trinajstić information content (AvgIpc) is 3.07. The third kappa shape index (κ3) is 4.83. The van der Waals surface area contributed by atoms with Gasteiger partial charge in [-0.15, -0.1) is 0 Å². The lowest BCUT2D eigenvalue weighted by atomic mass is 10.1. The van der Waals surface area contributed by atoms with Crippen molar-refractivity contribution in [3.05, 3.63) is 58.5 Å². The number of furan rings is 1. The van der Waals surface area contributed by atoms with E-state index in [2.05, 4.69) is 4.90 Å². The minimum atomic E-state index is -0.690. The van der Waals surface area contributed by atoms with Crippen molar-refractivity contribution in [3.8, 4) is 5.75 Å². The third-order valence-electron chi connectivity index (χ3n) is 4.65. The van der Waals surface area contributed by atoms with Crippen LogP contribution in [0.2, 0.25) is 0 Å². The van der Waals surface area contributed by atoms with Gasteiger partial charge in [0.2, 0.25) is 0 Å². The number of non-ortho nitro benzene ring substituents is 1. The SMILES string of the molecule is O=[N+]([O-])c1cccc(OCC(O)CN2CCCCCC2c2ccco2)c1. The van der Waals surface area contributed by atoms with Gasteiger partial charge in [0.15, 0.2) is 0 Å². The summed E-state index contributed by atoms with van der Waals surface area (Å²) in [5, 5.41) is 21.2. The molecular formula is C19H24N2O5. The largest absolute Gasteiger partial charge is 0.491 e. The maximum absolute atomic E-state index is 10.8. The highest BCUT2D eigenvalue weighted by Crippen LogP contribution is 2.30. The van der Waals surface area contributed by atoms with Crippen LogP contribution in [-0.2, 0) is 0 Å². The number of likely N-dealkylation sites (tertiary alicyclic amines) is 1. The second-order valence-electron chi connectivity index (χ2n) is 6.59. The van der Waals surface area contributed by atoms with E-state index in [9.17, 15) is 15.2 Å². The Morgan fingerprint density at radius 2 is 2.19 bits per heavy atom. The molecule has 3 rings (SSSR count). The molecule has 2 aromatic rings. The molecule has 1 fully saturated rings.